The van der Waals surface area contributed by atoms with E-state index in [-0.39, 0.29) is 12.1 Å². The summed E-state index contributed by atoms with van der Waals surface area (Å²) in [6.45, 7) is 0. The highest BCUT2D eigenvalue weighted by Crippen LogP contribution is 2.37. The highest BCUT2D eigenvalue weighted by atomic mass is 16.3. The molecule has 1 aromatic carbocycles. The maximum absolute atomic E-state index is 9.76. The van der Waals surface area contributed by atoms with Crippen molar-refractivity contribution < 1.29 is 9.52 Å². The largest absolute Gasteiger partial charge is 0.452 e. The Morgan fingerprint density at radius 1 is 1.10 bits per heavy atom. The van der Waals surface area contributed by atoms with Crippen LogP contribution in [0.5, 0.6) is 0 Å². The van der Waals surface area contributed by atoms with Gasteiger partial charge in [0.1, 0.15) is 11.8 Å². The molecule has 8 heteroatoms. The van der Waals surface area contributed by atoms with Crippen LogP contribution in [0.15, 0.2) is 47.3 Å². The molecule has 1 fully saturated rings. The summed E-state index contributed by atoms with van der Waals surface area (Å²) in [6, 6.07) is 9.49. The minimum absolute atomic E-state index is 0.202. The minimum Gasteiger partial charge on any atom is -0.452 e. The van der Waals surface area contributed by atoms with Crippen LogP contribution in [0.3, 0.4) is 0 Å². The van der Waals surface area contributed by atoms with Crippen molar-refractivity contribution >= 4 is 22.5 Å². The van der Waals surface area contributed by atoms with Gasteiger partial charge in [-0.15, -0.1) is 0 Å². The minimum atomic E-state index is -0.202. The molecule has 156 valence electrons. The summed E-state index contributed by atoms with van der Waals surface area (Å²) in [6.07, 6.45) is 8.77. The summed E-state index contributed by atoms with van der Waals surface area (Å²) < 4.78 is 8.00. The number of aliphatic hydroxyl groups is 1. The molecule has 5 rings (SSSR count). The maximum atomic E-state index is 9.76. The van der Waals surface area contributed by atoms with Gasteiger partial charge in [-0.2, -0.15) is 10.4 Å². The molecule has 4 aromatic rings. The second-order valence-corrected chi connectivity index (χ2v) is 8.00. The Morgan fingerprint density at radius 2 is 1.90 bits per heavy atom. The van der Waals surface area contributed by atoms with Crippen molar-refractivity contribution in [2.75, 3.05) is 11.5 Å². The van der Waals surface area contributed by atoms with Gasteiger partial charge in [0, 0.05) is 40.2 Å². The number of pyridine rings is 1. The smallest absolute Gasteiger partial charge is 0.177 e. The number of anilines is 2. The molecule has 0 unspecified atom stereocenters. The van der Waals surface area contributed by atoms with Crippen molar-refractivity contribution in [1.82, 2.24) is 14.8 Å². The zero-order valence-corrected chi connectivity index (χ0v) is 16.8. The molecule has 0 spiro atoms. The van der Waals surface area contributed by atoms with Crippen molar-refractivity contribution in [2.45, 2.75) is 37.8 Å². The third kappa shape index (κ3) is 3.39. The summed E-state index contributed by atoms with van der Waals surface area (Å²) >= 11 is 0. The van der Waals surface area contributed by atoms with E-state index in [1.54, 1.807) is 18.3 Å². The van der Waals surface area contributed by atoms with Crippen LogP contribution in [0.4, 0.5) is 11.5 Å². The van der Waals surface area contributed by atoms with E-state index in [9.17, 15) is 10.4 Å². The van der Waals surface area contributed by atoms with Gasteiger partial charge in [0.2, 0.25) is 0 Å². The number of fused-ring (bicyclic) bond motifs is 1. The molecule has 3 aromatic heterocycles. The monoisotopic (exact) mass is 414 g/mol. The van der Waals surface area contributed by atoms with E-state index in [0.717, 1.165) is 47.8 Å². The van der Waals surface area contributed by atoms with Crippen molar-refractivity contribution in [3.05, 3.63) is 48.4 Å². The first kappa shape index (κ1) is 19.2. The average molecular weight is 414 g/mol. The van der Waals surface area contributed by atoms with Gasteiger partial charge in [0.05, 0.1) is 23.9 Å². The Morgan fingerprint density at radius 3 is 2.68 bits per heavy atom. The molecule has 0 amide bonds. The molecule has 1 aliphatic rings. The molecule has 8 nitrogen and oxygen atoms in total. The molecule has 3 heterocycles. The quantitative estimate of drug-likeness (QED) is 0.432. The molecule has 0 radical (unpaired) electrons. The number of aromatic nitrogens is 3. The number of nitrogens with zero attached hydrogens (tertiary/aromatic N) is 4. The van der Waals surface area contributed by atoms with Crippen LogP contribution in [0.2, 0.25) is 0 Å². The van der Waals surface area contributed by atoms with E-state index in [1.807, 2.05) is 29.2 Å². The maximum Gasteiger partial charge on any atom is 0.177 e. The Kier molecular flexibility index (Phi) is 4.60. The van der Waals surface area contributed by atoms with Crippen LogP contribution >= 0.6 is 0 Å². The molecule has 1 saturated carbocycles. The van der Waals surface area contributed by atoms with Gasteiger partial charge in [-0.25, -0.2) is 4.98 Å². The third-order valence-electron chi connectivity index (χ3n) is 6.00. The lowest BCUT2D eigenvalue weighted by atomic mass is 9.93. The second-order valence-electron chi connectivity index (χ2n) is 8.00. The first-order valence-corrected chi connectivity index (χ1v) is 10.2. The first-order valence-electron chi connectivity index (χ1n) is 10.2. The molecule has 0 aliphatic heterocycles. The fraction of sp³-hybridized carbons (Fsp3) is 0.261. The van der Waals surface area contributed by atoms with Gasteiger partial charge in [0.15, 0.2) is 11.4 Å². The number of benzene rings is 1. The lowest BCUT2D eigenvalue weighted by Gasteiger charge is -2.25. The number of nitriles is 1. The molecule has 0 atom stereocenters. The normalized spacial score (nSPS) is 18.8. The SMILES string of the molecule is N#Cc1cc(-c2cc3c(-c4cnn([C@H]5CC[C@H](O)CC5)c4)cnc(N)c3o2)ccc1N. The standard InChI is InChI=1S/C23H22N6O2/c24-9-14-7-13(1-6-20(14)25)21-8-18-19(11-27-23(26)22(18)31-21)15-10-28-29(12-15)16-2-4-17(30)5-3-16/h1,6-8,10-12,16-17,30H,2-5,25H2,(H2,26,27)/t16-,17-. The third-order valence-corrected chi connectivity index (χ3v) is 6.00. The predicted octanol–water partition coefficient (Wildman–Crippen LogP) is 3.87. The van der Waals surface area contributed by atoms with Gasteiger partial charge in [-0.05, 0) is 49.9 Å². The average Bonchev–Trinajstić information content (AvgIpc) is 3.43. The van der Waals surface area contributed by atoms with Crippen LogP contribution in [0.1, 0.15) is 37.3 Å². The number of hydrogen-bond acceptors (Lipinski definition) is 7. The van der Waals surface area contributed by atoms with Crippen LogP contribution in [-0.2, 0) is 0 Å². The van der Waals surface area contributed by atoms with Gasteiger partial charge < -0.3 is 21.0 Å². The molecule has 0 bridgehead atoms. The lowest BCUT2D eigenvalue weighted by molar-refractivity contribution is 0.108. The summed E-state index contributed by atoms with van der Waals surface area (Å²) in [5.41, 5.74) is 15.8. The Hall–Kier alpha value is -3.83. The van der Waals surface area contributed by atoms with E-state index in [4.69, 9.17) is 15.9 Å². The van der Waals surface area contributed by atoms with Crippen LogP contribution in [-0.4, -0.2) is 26.0 Å². The second kappa shape index (κ2) is 7.45. The van der Waals surface area contributed by atoms with E-state index in [0.29, 0.717) is 28.4 Å². The molecule has 0 saturated heterocycles. The van der Waals surface area contributed by atoms with Crippen LogP contribution in [0.25, 0.3) is 33.4 Å². The Labute approximate surface area is 178 Å². The highest BCUT2D eigenvalue weighted by molar-refractivity contribution is 6.00. The van der Waals surface area contributed by atoms with E-state index in [1.165, 1.54) is 0 Å². The van der Waals surface area contributed by atoms with E-state index in [2.05, 4.69) is 16.2 Å². The summed E-state index contributed by atoms with van der Waals surface area (Å²) in [5.74, 6) is 0.885. The van der Waals surface area contributed by atoms with Crippen LogP contribution < -0.4 is 11.5 Å². The molecular weight excluding hydrogens is 392 g/mol. The number of nitrogen functional groups attached to an aromatic ring is 2. The summed E-state index contributed by atoms with van der Waals surface area (Å²) in [4.78, 5) is 4.31. The van der Waals surface area contributed by atoms with Gasteiger partial charge in [-0.3, -0.25) is 4.68 Å². The van der Waals surface area contributed by atoms with Crippen molar-refractivity contribution in [1.29, 1.82) is 5.26 Å². The molecule has 5 N–H and O–H groups in total. The number of rotatable bonds is 3. The zero-order chi connectivity index (χ0) is 21.5. The van der Waals surface area contributed by atoms with Gasteiger partial charge >= 0.3 is 0 Å². The summed E-state index contributed by atoms with van der Waals surface area (Å²) in [7, 11) is 0. The van der Waals surface area contributed by atoms with Crippen molar-refractivity contribution in [3.63, 3.8) is 0 Å². The highest BCUT2D eigenvalue weighted by Gasteiger charge is 2.22. The fourth-order valence-corrected chi connectivity index (χ4v) is 4.22. The molecule has 1 aliphatic carbocycles. The number of nitrogens with two attached hydrogens (primary N) is 2. The van der Waals surface area contributed by atoms with Crippen LogP contribution in [0, 0.1) is 11.3 Å². The Balaban J connectivity index is 1.55. The first-order chi connectivity index (χ1) is 15.0. The fourth-order valence-electron chi connectivity index (χ4n) is 4.22. The van der Waals surface area contributed by atoms with Gasteiger partial charge in [-0.1, -0.05) is 0 Å². The summed E-state index contributed by atoms with van der Waals surface area (Å²) in [5, 5.41) is 24.4. The predicted molar refractivity (Wildman–Crippen MR) is 118 cm³/mol. The Bertz CT molecular complexity index is 1310. The topological polar surface area (TPSA) is 140 Å². The number of hydrogen-bond donors (Lipinski definition) is 3. The molecular formula is C23H22N6O2. The zero-order valence-electron chi connectivity index (χ0n) is 16.8. The van der Waals surface area contributed by atoms with E-state index < -0.39 is 0 Å². The number of aliphatic hydroxyl groups excluding tert-OH is 1. The van der Waals surface area contributed by atoms with Crippen molar-refractivity contribution in [2.24, 2.45) is 0 Å². The van der Waals surface area contributed by atoms with Gasteiger partial charge in [0.25, 0.3) is 0 Å². The van der Waals surface area contributed by atoms with E-state index >= 15 is 0 Å². The molecule has 31 heavy (non-hydrogen) atoms. The van der Waals surface area contributed by atoms with Crippen molar-refractivity contribution in [3.8, 4) is 28.5 Å². The number of furan rings is 1. The lowest BCUT2D eigenvalue weighted by Crippen LogP contribution is -2.21.